The molecule has 104 valence electrons. The number of carboxylic acids is 1. The number of carbonyl (C=O) groups excluding carboxylic acids is 1. The van der Waals surface area contributed by atoms with Gasteiger partial charge in [0.15, 0.2) is 0 Å². The molecule has 2 unspecified atom stereocenters. The lowest BCUT2D eigenvalue weighted by Gasteiger charge is -2.26. The van der Waals surface area contributed by atoms with Gasteiger partial charge in [0.1, 0.15) is 6.04 Å². The second kappa shape index (κ2) is 6.01. The second-order valence-electron chi connectivity index (χ2n) is 4.25. The van der Waals surface area contributed by atoms with E-state index in [4.69, 9.17) is 9.52 Å². The van der Waals surface area contributed by atoms with Crippen molar-refractivity contribution in [3.63, 3.8) is 0 Å². The van der Waals surface area contributed by atoms with E-state index in [9.17, 15) is 9.59 Å². The molecule has 2 N–H and O–H groups in total. The Morgan fingerprint density at radius 1 is 1.63 bits per heavy atom. The minimum atomic E-state index is -0.957. The highest BCUT2D eigenvalue weighted by Gasteiger charge is 2.40. The second-order valence-corrected chi connectivity index (χ2v) is 5.46. The van der Waals surface area contributed by atoms with Gasteiger partial charge in [-0.05, 0) is 12.5 Å². The summed E-state index contributed by atoms with van der Waals surface area (Å²) in [5, 5.41) is 11.8. The summed E-state index contributed by atoms with van der Waals surface area (Å²) in [4.78, 5) is 24.7. The number of nitrogens with zero attached hydrogens (tertiary/aromatic N) is 1. The molecule has 0 aliphatic carbocycles. The number of aliphatic carboxylic acids is 1. The van der Waals surface area contributed by atoms with Crippen molar-refractivity contribution in [1.29, 1.82) is 0 Å². The van der Waals surface area contributed by atoms with Crippen molar-refractivity contribution in [2.24, 2.45) is 0 Å². The number of rotatable bonds is 4. The summed E-state index contributed by atoms with van der Waals surface area (Å²) in [6.45, 7) is 2.28. The zero-order valence-corrected chi connectivity index (χ0v) is 11.4. The Kier molecular flexibility index (Phi) is 4.36. The fourth-order valence-electron chi connectivity index (χ4n) is 2.00. The van der Waals surface area contributed by atoms with Crippen LogP contribution in [-0.2, 0) is 11.3 Å². The summed E-state index contributed by atoms with van der Waals surface area (Å²) in [6, 6.07) is 0.662. The van der Waals surface area contributed by atoms with Gasteiger partial charge in [0.05, 0.1) is 17.9 Å². The zero-order chi connectivity index (χ0) is 13.8. The molecule has 2 heterocycles. The van der Waals surface area contributed by atoms with Gasteiger partial charge < -0.3 is 14.8 Å². The lowest BCUT2D eigenvalue weighted by atomic mass is 10.2. The Morgan fingerprint density at radius 3 is 3.00 bits per heavy atom. The van der Waals surface area contributed by atoms with E-state index in [1.165, 1.54) is 22.9 Å². The van der Waals surface area contributed by atoms with Gasteiger partial charge in [-0.25, -0.2) is 9.59 Å². The van der Waals surface area contributed by atoms with Crippen LogP contribution in [0.25, 0.3) is 0 Å². The number of amides is 2. The van der Waals surface area contributed by atoms with Crippen molar-refractivity contribution in [2.75, 3.05) is 5.75 Å². The maximum absolute atomic E-state index is 12.1. The molecule has 19 heavy (non-hydrogen) atoms. The number of urea groups is 1. The number of carbonyl (C=O) groups is 2. The summed E-state index contributed by atoms with van der Waals surface area (Å²) in [6.07, 6.45) is 3.81. The lowest BCUT2D eigenvalue weighted by Crippen LogP contribution is -2.49. The number of carboxylic acid groups (broad SMARTS) is 1. The van der Waals surface area contributed by atoms with E-state index in [1.807, 2.05) is 6.92 Å². The molecule has 1 saturated heterocycles. The van der Waals surface area contributed by atoms with E-state index < -0.39 is 12.0 Å². The molecular weight excluding hydrogens is 268 g/mol. The summed E-state index contributed by atoms with van der Waals surface area (Å²) in [7, 11) is 0. The average molecular weight is 284 g/mol. The first-order valence-corrected chi connectivity index (χ1v) is 7.10. The first kappa shape index (κ1) is 13.8. The van der Waals surface area contributed by atoms with Crippen LogP contribution in [0.2, 0.25) is 0 Å². The quantitative estimate of drug-likeness (QED) is 0.879. The highest BCUT2D eigenvalue weighted by Crippen LogP contribution is 2.31. The van der Waals surface area contributed by atoms with Gasteiger partial charge in [0.25, 0.3) is 0 Å². The standard InChI is InChI=1S/C12H16N2O4S/c1-2-10-14(9(7-19-10)11(15)16)12(17)13-5-8-3-4-18-6-8/h3-4,6,9-10H,2,5,7H2,1H3,(H,13,17)(H,15,16). The molecule has 0 saturated carbocycles. The molecule has 1 fully saturated rings. The van der Waals surface area contributed by atoms with Gasteiger partial charge in [0.2, 0.25) is 0 Å². The monoisotopic (exact) mass is 284 g/mol. The van der Waals surface area contributed by atoms with Crippen LogP contribution in [0, 0.1) is 0 Å². The van der Waals surface area contributed by atoms with Crippen LogP contribution in [0.5, 0.6) is 0 Å². The smallest absolute Gasteiger partial charge is 0.327 e. The Morgan fingerprint density at radius 2 is 2.42 bits per heavy atom. The Hall–Kier alpha value is -1.63. The minimum absolute atomic E-state index is 0.0783. The maximum Gasteiger partial charge on any atom is 0.327 e. The molecule has 0 aromatic carbocycles. The number of hydrogen-bond acceptors (Lipinski definition) is 4. The molecule has 0 bridgehead atoms. The topological polar surface area (TPSA) is 82.8 Å². The molecule has 1 aliphatic heterocycles. The molecule has 1 aliphatic rings. The molecule has 2 atom stereocenters. The molecule has 1 aromatic heterocycles. The van der Waals surface area contributed by atoms with Crippen LogP contribution in [0.15, 0.2) is 23.0 Å². The number of hydrogen-bond donors (Lipinski definition) is 2. The van der Waals surface area contributed by atoms with E-state index >= 15 is 0 Å². The van der Waals surface area contributed by atoms with Gasteiger partial charge >= 0.3 is 12.0 Å². The number of thioether (sulfide) groups is 1. The fourth-order valence-corrected chi connectivity index (χ4v) is 3.35. The van der Waals surface area contributed by atoms with Crippen molar-refractivity contribution < 1.29 is 19.1 Å². The molecule has 2 amide bonds. The van der Waals surface area contributed by atoms with Crippen molar-refractivity contribution in [3.05, 3.63) is 24.2 Å². The molecular formula is C12H16N2O4S. The third-order valence-electron chi connectivity index (χ3n) is 2.99. The van der Waals surface area contributed by atoms with E-state index in [-0.39, 0.29) is 11.4 Å². The lowest BCUT2D eigenvalue weighted by molar-refractivity contribution is -0.141. The summed E-state index contributed by atoms with van der Waals surface area (Å²) >= 11 is 1.50. The van der Waals surface area contributed by atoms with Crippen molar-refractivity contribution in [2.45, 2.75) is 31.3 Å². The van der Waals surface area contributed by atoms with Crippen molar-refractivity contribution >= 4 is 23.8 Å². The summed E-state index contributed by atoms with van der Waals surface area (Å²) in [5.74, 6) is -0.519. The Balaban J connectivity index is 2.00. The van der Waals surface area contributed by atoms with E-state index in [0.717, 1.165) is 12.0 Å². The molecule has 0 radical (unpaired) electrons. The minimum Gasteiger partial charge on any atom is -0.480 e. The Bertz CT molecular complexity index is 449. The average Bonchev–Trinajstić information content (AvgIpc) is 3.04. The van der Waals surface area contributed by atoms with Crippen LogP contribution in [0.1, 0.15) is 18.9 Å². The molecule has 0 spiro atoms. The highest BCUT2D eigenvalue weighted by atomic mass is 32.2. The van der Waals surface area contributed by atoms with Gasteiger partial charge in [-0.1, -0.05) is 6.92 Å². The molecule has 6 nitrogen and oxygen atoms in total. The van der Waals surface area contributed by atoms with E-state index in [2.05, 4.69) is 5.32 Å². The third kappa shape index (κ3) is 3.04. The zero-order valence-electron chi connectivity index (χ0n) is 10.5. The molecule has 2 rings (SSSR count). The van der Waals surface area contributed by atoms with Gasteiger partial charge in [-0.3, -0.25) is 4.90 Å². The molecule has 1 aromatic rings. The van der Waals surface area contributed by atoms with Gasteiger partial charge in [-0.2, -0.15) is 0 Å². The normalized spacial score (nSPS) is 22.5. The predicted octanol–water partition coefficient (Wildman–Crippen LogP) is 1.73. The number of nitrogens with one attached hydrogen (secondary N) is 1. The van der Waals surface area contributed by atoms with Gasteiger partial charge in [0, 0.05) is 17.9 Å². The van der Waals surface area contributed by atoms with Crippen LogP contribution in [-0.4, -0.2) is 39.2 Å². The first-order valence-electron chi connectivity index (χ1n) is 6.05. The Labute approximate surface area is 115 Å². The maximum atomic E-state index is 12.1. The first-order chi connectivity index (χ1) is 9.13. The van der Waals surface area contributed by atoms with Crippen molar-refractivity contribution in [3.8, 4) is 0 Å². The van der Waals surface area contributed by atoms with Crippen LogP contribution in [0.4, 0.5) is 4.79 Å². The highest BCUT2D eigenvalue weighted by molar-refractivity contribution is 8.00. The van der Waals surface area contributed by atoms with E-state index in [1.54, 1.807) is 12.3 Å². The SMILES string of the molecule is CCC1SCC(C(=O)O)N1C(=O)NCc1ccoc1. The van der Waals surface area contributed by atoms with E-state index in [0.29, 0.717) is 12.3 Å². The number of furan rings is 1. The van der Waals surface area contributed by atoms with Gasteiger partial charge in [-0.15, -0.1) is 11.8 Å². The summed E-state index contributed by atoms with van der Waals surface area (Å²) < 4.78 is 4.91. The fraction of sp³-hybridized carbons (Fsp3) is 0.500. The summed E-state index contributed by atoms with van der Waals surface area (Å²) in [5.41, 5.74) is 0.847. The van der Waals surface area contributed by atoms with Crippen LogP contribution in [0.3, 0.4) is 0 Å². The molecule has 7 heteroatoms. The van der Waals surface area contributed by atoms with Crippen LogP contribution >= 0.6 is 11.8 Å². The predicted molar refractivity (Wildman–Crippen MR) is 70.7 cm³/mol. The third-order valence-corrected chi connectivity index (χ3v) is 4.44. The van der Waals surface area contributed by atoms with Crippen molar-refractivity contribution in [1.82, 2.24) is 10.2 Å². The van der Waals surface area contributed by atoms with Crippen LogP contribution < -0.4 is 5.32 Å². The largest absolute Gasteiger partial charge is 0.480 e.